The number of unbranched alkanes of at least 4 members (excludes halogenated alkanes) is 1. The molecule has 0 saturated carbocycles. The summed E-state index contributed by atoms with van der Waals surface area (Å²) in [5.74, 6) is 0.620. The Morgan fingerprint density at radius 1 is 1.20 bits per heavy atom. The van der Waals surface area contributed by atoms with Crippen LogP contribution in [0, 0.1) is 6.92 Å². The number of aliphatic hydroxyl groups is 1. The second-order valence-corrected chi connectivity index (χ2v) is 4.84. The first-order valence-corrected chi connectivity index (χ1v) is 6.91. The van der Waals surface area contributed by atoms with Crippen LogP contribution < -0.4 is 11.2 Å². The van der Waals surface area contributed by atoms with Gasteiger partial charge in [0.15, 0.2) is 5.65 Å². The number of rotatable bonds is 6. The number of nitrogens with one attached hydrogen (secondary N) is 1. The molecule has 110 valence electrons. The smallest absolute Gasteiger partial charge is 0.332 e. The fourth-order valence-electron chi connectivity index (χ4n) is 2.29. The number of hydrogen-bond donors (Lipinski definition) is 2. The molecule has 0 aromatic carbocycles. The van der Waals surface area contributed by atoms with Crippen molar-refractivity contribution >= 4 is 11.2 Å². The predicted molar refractivity (Wildman–Crippen MR) is 76.0 cm³/mol. The molecule has 7 nitrogen and oxygen atoms in total. The average molecular weight is 280 g/mol. The van der Waals surface area contributed by atoms with E-state index in [9.17, 15) is 9.59 Å². The lowest BCUT2D eigenvalue weighted by Crippen LogP contribution is -2.40. The van der Waals surface area contributed by atoms with Crippen molar-refractivity contribution in [3.05, 3.63) is 26.7 Å². The van der Waals surface area contributed by atoms with Crippen molar-refractivity contribution in [1.82, 2.24) is 19.1 Å². The van der Waals surface area contributed by atoms with Crippen LogP contribution in [0.5, 0.6) is 0 Å². The molecule has 0 bridgehead atoms. The molecule has 0 unspecified atom stereocenters. The van der Waals surface area contributed by atoms with Crippen LogP contribution in [0.25, 0.3) is 11.2 Å². The number of hydrogen-bond acceptors (Lipinski definition) is 4. The van der Waals surface area contributed by atoms with Gasteiger partial charge in [0.25, 0.3) is 5.56 Å². The third-order valence-corrected chi connectivity index (χ3v) is 3.22. The first-order valence-electron chi connectivity index (χ1n) is 6.91. The lowest BCUT2D eigenvalue weighted by Gasteiger charge is -2.10. The highest BCUT2D eigenvalue weighted by Crippen LogP contribution is 2.05. The molecular formula is C13H20N4O3. The number of aryl methyl sites for hydroxylation is 2. The zero-order valence-electron chi connectivity index (χ0n) is 11.8. The molecule has 2 rings (SSSR count). The number of aliphatic hydroxyl groups excluding tert-OH is 1. The van der Waals surface area contributed by atoms with E-state index in [0.29, 0.717) is 42.9 Å². The van der Waals surface area contributed by atoms with E-state index in [1.54, 1.807) is 11.5 Å². The molecule has 0 atom stereocenters. The highest BCUT2D eigenvalue weighted by molar-refractivity contribution is 5.69. The van der Waals surface area contributed by atoms with Crippen LogP contribution in [0.4, 0.5) is 0 Å². The van der Waals surface area contributed by atoms with E-state index in [1.807, 2.05) is 6.92 Å². The molecule has 2 aromatic rings. The second kappa shape index (κ2) is 6.04. The fraction of sp³-hybridized carbons (Fsp3) is 0.615. The summed E-state index contributed by atoms with van der Waals surface area (Å²) in [6.45, 7) is 4.63. The van der Waals surface area contributed by atoms with Gasteiger partial charge >= 0.3 is 5.69 Å². The zero-order valence-corrected chi connectivity index (χ0v) is 11.8. The largest absolute Gasteiger partial charge is 0.396 e. The topological polar surface area (TPSA) is 92.9 Å². The van der Waals surface area contributed by atoms with Crippen molar-refractivity contribution in [3.63, 3.8) is 0 Å². The van der Waals surface area contributed by atoms with E-state index in [1.165, 1.54) is 4.57 Å². The summed E-state index contributed by atoms with van der Waals surface area (Å²) in [6.07, 6.45) is 1.95. The SMILES string of the molecule is CCCn1c(=O)n(CCCCO)c(=O)c2[nH]c(C)nc21. The lowest BCUT2D eigenvalue weighted by atomic mass is 10.3. The van der Waals surface area contributed by atoms with Crippen molar-refractivity contribution in [1.29, 1.82) is 0 Å². The molecule has 20 heavy (non-hydrogen) atoms. The number of H-pyrrole nitrogens is 1. The summed E-state index contributed by atoms with van der Waals surface area (Å²) >= 11 is 0. The number of aromatic nitrogens is 4. The van der Waals surface area contributed by atoms with Crippen LogP contribution in [-0.4, -0.2) is 30.8 Å². The van der Waals surface area contributed by atoms with Gasteiger partial charge in [-0.2, -0.15) is 0 Å². The predicted octanol–water partition coefficient (Wildman–Crippen LogP) is 0.377. The number of nitrogens with zero attached hydrogens (tertiary/aromatic N) is 3. The fourth-order valence-corrected chi connectivity index (χ4v) is 2.29. The maximum Gasteiger partial charge on any atom is 0.332 e. The molecule has 0 saturated heterocycles. The van der Waals surface area contributed by atoms with Gasteiger partial charge in [0.2, 0.25) is 0 Å². The normalized spacial score (nSPS) is 11.3. The van der Waals surface area contributed by atoms with Crippen LogP contribution in [-0.2, 0) is 13.1 Å². The summed E-state index contributed by atoms with van der Waals surface area (Å²) in [4.78, 5) is 31.9. The molecular weight excluding hydrogens is 260 g/mol. The van der Waals surface area contributed by atoms with Gasteiger partial charge in [-0.3, -0.25) is 13.9 Å². The van der Waals surface area contributed by atoms with Gasteiger partial charge in [0.1, 0.15) is 11.3 Å². The van der Waals surface area contributed by atoms with Gasteiger partial charge < -0.3 is 10.1 Å². The molecule has 0 fully saturated rings. The van der Waals surface area contributed by atoms with Crippen molar-refractivity contribution < 1.29 is 5.11 Å². The van der Waals surface area contributed by atoms with Gasteiger partial charge in [-0.15, -0.1) is 0 Å². The van der Waals surface area contributed by atoms with Crippen LogP contribution in [0.3, 0.4) is 0 Å². The van der Waals surface area contributed by atoms with E-state index in [0.717, 1.165) is 6.42 Å². The van der Waals surface area contributed by atoms with E-state index in [-0.39, 0.29) is 17.9 Å². The summed E-state index contributed by atoms with van der Waals surface area (Å²) < 4.78 is 2.77. The maximum absolute atomic E-state index is 12.4. The second-order valence-electron chi connectivity index (χ2n) is 4.84. The lowest BCUT2D eigenvalue weighted by molar-refractivity contribution is 0.280. The first kappa shape index (κ1) is 14.5. The average Bonchev–Trinajstić information content (AvgIpc) is 2.80. The molecule has 2 heterocycles. The minimum Gasteiger partial charge on any atom is -0.396 e. The van der Waals surface area contributed by atoms with Crippen molar-refractivity contribution in [2.24, 2.45) is 0 Å². The third kappa shape index (κ3) is 2.53. The van der Waals surface area contributed by atoms with Gasteiger partial charge in [0.05, 0.1) is 0 Å². The highest BCUT2D eigenvalue weighted by Gasteiger charge is 2.15. The molecule has 0 radical (unpaired) electrons. The molecule has 2 aromatic heterocycles. The molecule has 0 aliphatic rings. The van der Waals surface area contributed by atoms with Crippen molar-refractivity contribution in [2.75, 3.05) is 6.61 Å². The van der Waals surface area contributed by atoms with Gasteiger partial charge in [-0.25, -0.2) is 9.78 Å². The number of imidazole rings is 1. The van der Waals surface area contributed by atoms with Crippen LogP contribution in [0.1, 0.15) is 32.0 Å². The van der Waals surface area contributed by atoms with Gasteiger partial charge in [-0.05, 0) is 26.2 Å². The van der Waals surface area contributed by atoms with Crippen LogP contribution in [0.15, 0.2) is 9.59 Å². The number of fused-ring (bicyclic) bond motifs is 1. The number of aromatic amines is 1. The van der Waals surface area contributed by atoms with Crippen LogP contribution >= 0.6 is 0 Å². The molecule has 0 aliphatic carbocycles. The molecule has 7 heteroatoms. The summed E-state index contributed by atoms with van der Waals surface area (Å²) in [7, 11) is 0. The zero-order chi connectivity index (χ0) is 14.7. The minimum atomic E-state index is -0.337. The quantitative estimate of drug-likeness (QED) is 0.748. The Labute approximate surface area is 115 Å². The van der Waals surface area contributed by atoms with Crippen LogP contribution in [0.2, 0.25) is 0 Å². The Kier molecular flexibility index (Phi) is 4.39. The van der Waals surface area contributed by atoms with E-state index in [4.69, 9.17) is 5.11 Å². The Bertz CT molecular complexity index is 711. The Balaban J connectivity index is 2.62. The first-order chi connectivity index (χ1) is 9.60. The maximum atomic E-state index is 12.4. The molecule has 0 aliphatic heterocycles. The standard InChI is InChI=1S/C13H20N4O3/c1-3-6-16-11-10(14-9(2)15-11)12(19)17(13(16)20)7-4-5-8-18/h18H,3-8H2,1-2H3,(H,14,15). The highest BCUT2D eigenvalue weighted by atomic mass is 16.3. The summed E-state index contributed by atoms with van der Waals surface area (Å²) in [5.41, 5.74) is 0.141. The van der Waals surface area contributed by atoms with Crippen molar-refractivity contribution in [2.45, 2.75) is 46.2 Å². The van der Waals surface area contributed by atoms with E-state index < -0.39 is 0 Å². The summed E-state index contributed by atoms with van der Waals surface area (Å²) in [5, 5.41) is 8.81. The van der Waals surface area contributed by atoms with E-state index in [2.05, 4.69) is 9.97 Å². The molecule has 0 spiro atoms. The summed E-state index contributed by atoms with van der Waals surface area (Å²) in [6, 6.07) is 0. The van der Waals surface area contributed by atoms with Crippen molar-refractivity contribution in [3.8, 4) is 0 Å². The minimum absolute atomic E-state index is 0.0588. The Morgan fingerprint density at radius 2 is 1.95 bits per heavy atom. The Morgan fingerprint density at radius 3 is 2.60 bits per heavy atom. The molecule has 0 amide bonds. The third-order valence-electron chi connectivity index (χ3n) is 3.22. The monoisotopic (exact) mass is 280 g/mol. The van der Waals surface area contributed by atoms with Gasteiger partial charge in [-0.1, -0.05) is 6.92 Å². The Hall–Kier alpha value is -1.89. The van der Waals surface area contributed by atoms with Gasteiger partial charge in [0, 0.05) is 19.7 Å². The van der Waals surface area contributed by atoms with E-state index >= 15 is 0 Å². The molecule has 2 N–H and O–H groups in total.